The fourth-order valence-electron chi connectivity index (χ4n) is 6.04. The van der Waals surface area contributed by atoms with Gasteiger partial charge in [-0.1, -0.05) is 83.3 Å². The van der Waals surface area contributed by atoms with Gasteiger partial charge in [-0.15, -0.1) is 11.6 Å². The van der Waals surface area contributed by atoms with Crippen molar-refractivity contribution >= 4 is 58.2 Å². The van der Waals surface area contributed by atoms with Crippen molar-refractivity contribution in [3.63, 3.8) is 0 Å². The third kappa shape index (κ3) is 19.8. The van der Waals surface area contributed by atoms with E-state index in [2.05, 4.69) is 0 Å². The summed E-state index contributed by atoms with van der Waals surface area (Å²) in [6.07, 6.45) is -1.54. The molecule has 0 unspecified atom stereocenters. The van der Waals surface area contributed by atoms with Crippen LogP contribution >= 0.6 is 34.2 Å². The maximum atomic E-state index is 12.5. The number of nitriles is 1. The number of aliphatic hydroxyl groups excluding tert-OH is 2. The minimum Gasteiger partial charge on any atom is -1.00 e. The number of hydrogen-bond acceptors (Lipinski definition) is 9. The topological polar surface area (TPSA) is 164 Å². The van der Waals surface area contributed by atoms with Crippen LogP contribution in [0.5, 0.6) is 0 Å². The van der Waals surface area contributed by atoms with Crippen molar-refractivity contribution in [2.24, 2.45) is 0 Å². The quantitative estimate of drug-likeness (QED) is 0.211. The van der Waals surface area contributed by atoms with Gasteiger partial charge in [0.2, 0.25) is 11.8 Å². The van der Waals surface area contributed by atoms with E-state index in [0.29, 0.717) is 43.4 Å². The van der Waals surface area contributed by atoms with Crippen LogP contribution in [0.3, 0.4) is 0 Å². The molecular formula is C40H57ClI2N5NaO8. The number of carbonyl (C=O) groups excluding carboxylic acids is 4. The maximum Gasteiger partial charge on any atom is 1.00 e. The van der Waals surface area contributed by atoms with Gasteiger partial charge in [-0.2, -0.15) is 5.26 Å². The Morgan fingerprint density at radius 2 is 1.11 bits per heavy atom. The van der Waals surface area contributed by atoms with Crippen LogP contribution in [0, 0.1) is 11.3 Å². The van der Waals surface area contributed by atoms with Crippen molar-refractivity contribution in [1.29, 1.82) is 5.26 Å². The number of benzene rings is 2. The fourth-order valence-corrected chi connectivity index (χ4v) is 6.64. The molecular weight excluding hydrogens is 991 g/mol. The summed E-state index contributed by atoms with van der Waals surface area (Å²) in [5.74, 6) is -0.388. The Kier molecular flexibility index (Phi) is 26.1. The fraction of sp³-hybridized carbons (Fsp3) is 0.575. The van der Waals surface area contributed by atoms with Crippen LogP contribution in [0.15, 0.2) is 60.7 Å². The molecule has 13 nitrogen and oxygen atoms in total. The zero-order chi connectivity index (χ0) is 41.3. The first kappa shape index (κ1) is 55.1. The van der Waals surface area contributed by atoms with E-state index in [0.717, 1.165) is 11.1 Å². The van der Waals surface area contributed by atoms with E-state index in [1.807, 2.05) is 104 Å². The molecule has 2 N–H and O–H groups in total. The Bertz CT molecular complexity index is 1450. The van der Waals surface area contributed by atoms with Crippen LogP contribution in [0.25, 0.3) is 0 Å². The van der Waals surface area contributed by atoms with Crippen LogP contribution in [0.1, 0.15) is 72.4 Å². The van der Waals surface area contributed by atoms with Crippen molar-refractivity contribution in [1.82, 2.24) is 19.6 Å². The first-order valence-corrected chi connectivity index (χ1v) is 20.3. The number of rotatable bonds is 8. The van der Waals surface area contributed by atoms with Gasteiger partial charge in [0.05, 0.1) is 47.9 Å². The SMILES string of the molecule is CC#N.CC(C)(C)OC(=O)N1CC[C@H](N(Cc2ccccc2)C(=O)CCl)[C@@H](O)C1.CC(C)(C)OC(=O)N1CC[C@H](N(Cc2ccccc2)C(=O)CI)[C@@H](O)C1.[I-].[Na+]. The minimum absolute atomic E-state index is 0. The molecule has 0 spiro atoms. The molecule has 2 aliphatic rings. The van der Waals surface area contributed by atoms with E-state index in [-0.39, 0.29) is 96.4 Å². The molecule has 2 aliphatic heterocycles. The van der Waals surface area contributed by atoms with E-state index >= 15 is 0 Å². The Morgan fingerprint density at radius 1 is 0.772 bits per heavy atom. The predicted octanol–water partition coefficient (Wildman–Crippen LogP) is -0.0173. The van der Waals surface area contributed by atoms with Crippen LogP contribution in [0.2, 0.25) is 0 Å². The van der Waals surface area contributed by atoms with Crippen LogP contribution in [-0.2, 0) is 32.2 Å². The standard InChI is InChI=1S/C19H27ClN2O4.C19H27IN2O4.C2H3N.HI.Na/c2*1-19(2,3)26-18(25)21-10-9-15(16(23)13-21)22(17(24)11-20)12-14-7-5-4-6-8-14;1-2-3;;/h2*4-8,15-16,23H,9-13H2,1-3H3;1H3;1H;/q;;;;+1/p-1/t2*15-,16-;;;/m00.../s1. The second kappa shape index (κ2) is 27.0. The van der Waals surface area contributed by atoms with Gasteiger partial charge in [0.25, 0.3) is 0 Å². The molecule has 2 aromatic carbocycles. The predicted molar refractivity (Wildman–Crippen MR) is 219 cm³/mol. The number of β-amino-alcohol motifs (C(OH)–C–C–N with tert-alkyl or cyclic N) is 2. The maximum absolute atomic E-state index is 12.5. The van der Waals surface area contributed by atoms with Gasteiger partial charge in [0.15, 0.2) is 0 Å². The van der Waals surface area contributed by atoms with Gasteiger partial charge in [0, 0.05) is 33.1 Å². The molecule has 0 aliphatic carbocycles. The molecule has 17 heteroatoms. The van der Waals surface area contributed by atoms with E-state index in [1.54, 1.807) is 36.6 Å². The molecule has 312 valence electrons. The number of ether oxygens (including phenoxy) is 2. The van der Waals surface area contributed by atoms with Gasteiger partial charge >= 0.3 is 41.7 Å². The number of nitrogens with zero attached hydrogens (tertiary/aromatic N) is 5. The number of halogens is 3. The second-order valence-electron chi connectivity index (χ2n) is 15.2. The Morgan fingerprint density at radius 3 is 1.39 bits per heavy atom. The van der Waals surface area contributed by atoms with E-state index < -0.39 is 35.6 Å². The first-order chi connectivity index (χ1) is 25.8. The molecule has 4 rings (SSSR count). The van der Waals surface area contributed by atoms with Crippen molar-refractivity contribution in [2.45, 2.75) is 110 Å². The molecule has 57 heavy (non-hydrogen) atoms. The summed E-state index contributed by atoms with van der Waals surface area (Å²) < 4.78 is 11.1. The summed E-state index contributed by atoms with van der Waals surface area (Å²) >= 11 is 7.82. The van der Waals surface area contributed by atoms with Crippen molar-refractivity contribution < 1.29 is 92.4 Å². The summed E-state index contributed by atoms with van der Waals surface area (Å²) in [7, 11) is 0. The average molecular weight is 1050 g/mol. The third-order valence-electron chi connectivity index (χ3n) is 8.46. The molecule has 0 aromatic heterocycles. The van der Waals surface area contributed by atoms with Gasteiger partial charge in [-0.25, -0.2) is 9.59 Å². The largest absolute Gasteiger partial charge is 1.00 e. The average Bonchev–Trinajstić information content (AvgIpc) is 3.12. The number of hydrogen-bond donors (Lipinski definition) is 2. The van der Waals surface area contributed by atoms with Crippen LogP contribution in [0.4, 0.5) is 9.59 Å². The first-order valence-electron chi connectivity index (χ1n) is 18.3. The summed E-state index contributed by atoms with van der Waals surface area (Å²) in [5, 5.41) is 28.5. The number of aliphatic hydroxyl groups is 2. The molecule has 0 radical (unpaired) electrons. The van der Waals surface area contributed by atoms with Gasteiger partial charge < -0.3 is 63.3 Å². The molecule has 4 atom stereocenters. The third-order valence-corrected chi connectivity index (χ3v) is 9.34. The van der Waals surface area contributed by atoms with E-state index in [9.17, 15) is 29.4 Å². The monoisotopic (exact) mass is 1050 g/mol. The summed E-state index contributed by atoms with van der Waals surface area (Å²) in [4.78, 5) is 55.6. The van der Waals surface area contributed by atoms with Gasteiger partial charge in [0.1, 0.15) is 17.1 Å². The Hall–Kier alpha value is -1.92. The van der Waals surface area contributed by atoms with Crippen LogP contribution < -0.4 is 53.5 Å². The zero-order valence-electron chi connectivity index (χ0n) is 34.4. The summed E-state index contributed by atoms with van der Waals surface area (Å²) in [6, 6.07) is 20.4. The molecule has 2 saturated heterocycles. The van der Waals surface area contributed by atoms with E-state index in [4.69, 9.17) is 26.3 Å². The minimum atomic E-state index is -0.854. The van der Waals surface area contributed by atoms with Gasteiger partial charge in [-0.05, 0) is 65.5 Å². The summed E-state index contributed by atoms with van der Waals surface area (Å²) in [6.45, 7) is 14.3. The van der Waals surface area contributed by atoms with Crippen molar-refractivity contribution in [3.8, 4) is 6.07 Å². The molecule has 0 bridgehead atoms. The van der Waals surface area contributed by atoms with Crippen LogP contribution in [-0.4, -0.2) is 126 Å². The summed E-state index contributed by atoms with van der Waals surface area (Å²) in [5.41, 5.74) is 0.822. The molecule has 2 heterocycles. The van der Waals surface area contributed by atoms with Crippen molar-refractivity contribution in [3.05, 3.63) is 71.8 Å². The number of likely N-dealkylation sites (tertiary alicyclic amines) is 2. The number of piperidine rings is 2. The number of carbonyl (C=O) groups is 4. The smallest absolute Gasteiger partial charge is 1.00 e. The second-order valence-corrected chi connectivity index (χ2v) is 16.2. The molecule has 4 amide bonds. The number of alkyl halides is 2. The molecule has 2 fully saturated rings. The molecule has 2 aromatic rings. The van der Waals surface area contributed by atoms with E-state index in [1.165, 1.54) is 16.7 Å². The van der Waals surface area contributed by atoms with Crippen molar-refractivity contribution in [2.75, 3.05) is 36.5 Å². The molecule has 0 saturated carbocycles. The Balaban J connectivity index is 0.000000996. The van der Waals surface area contributed by atoms with Gasteiger partial charge in [-0.3, -0.25) is 9.59 Å². The normalized spacial score (nSPS) is 18.9. The Labute approximate surface area is 396 Å². The zero-order valence-corrected chi connectivity index (χ0v) is 41.4. The number of amides is 4.